The van der Waals surface area contributed by atoms with Crippen LogP contribution in [0, 0.1) is 11.9 Å². The molecule has 1 aromatic rings. The molecule has 1 heterocycles. The van der Waals surface area contributed by atoms with Crippen LogP contribution in [-0.4, -0.2) is 40.0 Å². The number of amides is 1. The Morgan fingerprint density at radius 1 is 1.44 bits per heavy atom. The van der Waals surface area contributed by atoms with Crippen LogP contribution in [-0.2, 0) is 4.79 Å². The monoisotopic (exact) mass is 254 g/mol. The number of carboxylic acid groups (broad SMARTS) is 1. The van der Waals surface area contributed by atoms with Gasteiger partial charge in [0.05, 0.1) is 0 Å². The van der Waals surface area contributed by atoms with Gasteiger partial charge < -0.3 is 10.0 Å². The average Bonchev–Trinajstić information content (AvgIpc) is 2.26. The first-order valence-electron chi connectivity index (χ1n) is 5.53. The first kappa shape index (κ1) is 14.1. The smallest absolute Gasteiger partial charge is 0.323 e. The minimum atomic E-state index is -1.11. The molecule has 1 amide bonds. The van der Waals surface area contributed by atoms with Gasteiger partial charge in [-0.1, -0.05) is 19.9 Å². The SMILES string of the molecule is CC(C)CN(CC(=O)O)C(=O)c1cccc(F)n1. The van der Waals surface area contributed by atoms with Crippen LogP contribution in [0.4, 0.5) is 4.39 Å². The van der Waals surface area contributed by atoms with Gasteiger partial charge in [0.1, 0.15) is 12.2 Å². The molecule has 18 heavy (non-hydrogen) atoms. The molecule has 0 aromatic carbocycles. The highest BCUT2D eigenvalue weighted by Crippen LogP contribution is 2.06. The van der Waals surface area contributed by atoms with Gasteiger partial charge in [-0.3, -0.25) is 9.59 Å². The summed E-state index contributed by atoms with van der Waals surface area (Å²) in [5.41, 5.74) is -0.0862. The predicted octanol–water partition coefficient (Wildman–Crippen LogP) is 1.40. The van der Waals surface area contributed by atoms with Gasteiger partial charge >= 0.3 is 5.97 Å². The van der Waals surface area contributed by atoms with Crippen molar-refractivity contribution in [2.24, 2.45) is 5.92 Å². The Morgan fingerprint density at radius 2 is 2.11 bits per heavy atom. The number of halogens is 1. The van der Waals surface area contributed by atoms with E-state index in [0.717, 1.165) is 11.0 Å². The second-order valence-corrected chi connectivity index (χ2v) is 4.32. The Kier molecular flexibility index (Phi) is 4.76. The molecule has 1 aromatic heterocycles. The first-order chi connectivity index (χ1) is 8.40. The second kappa shape index (κ2) is 6.09. The lowest BCUT2D eigenvalue weighted by atomic mass is 10.2. The molecule has 0 aliphatic carbocycles. The van der Waals surface area contributed by atoms with Gasteiger partial charge in [-0.25, -0.2) is 4.98 Å². The molecule has 5 nitrogen and oxygen atoms in total. The Hall–Kier alpha value is -1.98. The molecule has 0 aliphatic rings. The van der Waals surface area contributed by atoms with Crippen molar-refractivity contribution in [2.45, 2.75) is 13.8 Å². The maximum atomic E-state index is 12.9. The molecule has 98 valence electrons. The van der Waals surface area contributed by atoms with Crippen LogP contribution in [0.15, 0.2) is 18.2 Å². The van der Waals surface area contributed by atoms with E-state index in [0.29, 0.717) is 0 Å². The molecular weight excluding hydrogens is 239 g/mol. The topological polar surface area (TPSA) is 70.5 Å². The summed E-state index contributed by atoms with van der Waals surface area (Å²) in [7, 11) is 0. The third-order valence-corrected chi connectivity index (χ3v) is 2.13. The van der Waals surface area contributed by atoms with Gasteiger partial charge in [-0.15, -0.1) is 0 Å². The van der Waals surface area contributed by atoms with E-state index in [-0.39, 0.29) is 18.2 Å². The summed E-state index contributed by atoms with van der Waals surface area (Å²) < 4.78 is 12.9. The molecule has 0 radical (unpaired) electrons. The van der Waals surface area contributed by atoms with Gasteiger partial charge in [-0.2, -0.15) is 4.39 Å². The number of hydrogen-bond acceptors (Lipinski definition) is 3. The fourth-order valence-corrected chi connectivity index (χ4v) is 1.51. The van der Waals surface area contributed by atoms with Gasteiger partial charge in [0.25, 0.3) is 5.91 Å². The number of carbonyl (C=O) groups excluding carboxylic acids is 1. The van der Waals surface area contributed by atoms with Crippen molar-refractivity contribution in [3.05, 3.63) is 29.8 Å². The highest BCUT2D eigenvalue weighted by atomic mass is 19.1. The number of aromatic nitrogens is 1. The predicted molar refractivity (Wildman–Crippen MR) is 62.6 cm³/mol. The Balaban J connectivity index is 2.90. The molecule has 0 unspecified atom stereocenters. The molecule has 1 N–H and O–H groups in total. The average molecular weight is 254 g/mol. The molecule has 0 spiro atoms. The van der Waals surface area contributed by atoms with Crippen LogP contribution in [0.3, 0.4) is 0 Å². The Morgan fingerprint density at radius 3 is 2.61 bits per heavy atom. The van der Waals surface area contributed by atoms with E-state index in [1.165, 1.54) is 12.1 Å². The van der Waals surface area contributed by atoms with Crippen LogP contribution in [0.5, 0.6) is 0 Å². The summed E-state index contributed by atoms with van der Waals surface area (Å²) in [6.07, 6.45) is 0. The number of carboxylic acids is 1. The van der Waals surface area contributed by atoms with E-state index in [9.17, 15) is 14.0 Å². The zero-order valence-corrected chi connectivity index (χ0v) is 10.3. The number of rotatable bonds is 5. The lowest BCUT2D eigenvalue weighted by Gasteiger charge is -2.22. The second-order valence-electron chi connectivity index (χ2n) is 4.32. The summed E-state index contributed by atoms with van der Waals surface area (Å²) in [4.78, 5) is 27.3. The standard InChI is InChI=1S/C12H15FN2O3/c1-8(2)6-15(7-11(16)17)12(18)9-4-3-5-10(13)14-9/h3-5,8H,6-7H2,1-2H3,(H,16,17). The van der Waals surface area contributed by atoms with Gasteiger partial charge in [-0.05, 0) is 18.1 Å². The van der Waals surface area contributed by atoms with Crippen molar-refractivity contribution in [1.29, 1.82) is 0 Å². The molecule has 0 saturated heterocycles. The summed E-state index contributed by atoms with van der Waals surface area (Å²) >= 11 is 0. The zero-order valence-electron chi connectivity index (χ0n) is 10.3. The van der Waals surface area contributed by atoms with E-state index in [1.54, 1.807) is 0 Å². The summed E-state index contributed by atoms with van der Waals surface area (Å²) in [5, 5.41) is 8.76. The maximum Gasteiger partial charge on any atom is 0.323 e. The van der Waals surface area contributed by atoms with Crippen molar-refractivity contribution >= 4 is 11.9 Å². The number of hydrogen-bond donors (Lipinski definition) is 1. The quantitative estimate of drug-likeness (QED) is 0.806. The fourth-order valence-electron chi connectivity index (χ4n) is 1.51. The number of carbonyl (C=O) groups is 2. The highest BCUT2D eigenvalue weighted by Gasteiger charge is 2.20. The van der Waals surface area contributed by atoms with Gasteiger partial charge in [0.15, 0.2) is 0 Å². The minimum Gasteiger partial charge on any atom is -0.480 e. The Bertz CT molecular complexity index is 449. The highest BCUT2D eigenvalue weighted by molar-refractivity contribution is 5.94. The number of aliphatic carboxylic acids is 1. The Labute approximate surface area is 104 Å². The third kappa shape index (κ3) is 4.12. The lowest BCUT2D eigenvalue weighted by molar-refractivity contribution is -0.137. The maximum absolute atomic E-state index is 12.9. The van der Waals surface area contributed by atoms with E-state index < -0.39 is 24.4 Å². The van der Waals surface area contributed by atoms with Crippen LogP contribution in [0.25, 0.3) is 0 Å². The zero-order chi connectivity index (χ0) is 13.7. The van der Waals surface area contributed by atoms with Crippen LogP contribution in [0.2, 0.25) is 0 Å². The minimum absolute atomic E-state index is 0.0862. The van der Waals surface area contributed by atoms with Crippen molar-refractivity contribution in [1.82, 2.24) is 9.88 Å². The molecule has 0 atom stereocenters. The normalized spacial score (nSPS) is 10.4. The molecule has 6 heteroatoms. The first-order valence-corrected chi connectivity index (χ1v) is 5.53. The van der Waals surface area contributed by atoms with E-state index >= 15 is 0 Å². The van der Waals surface area contributed by atoms with Crippen molar-refractivity contribution in [2.75, 3.05) is 13.1 Å². The van der Waals surface area contributed by atoms with Crippen molar-refractivity contribution in [3.63, 3.8) is 0 Å². The number of pyridine rings is 1. The number of nitrogens with zero attached hydrogens (tertiary/aromatic N) is 2. The molecule has 0 fully saturated rings. The van der Waals surface area contributed by atoms with Gasteiger partial charge in [0.2, 0.25) is 5.95 Å². The van der Waals surface area contributed by atoms with Crippen LogP contribution in [0.1, 0.15) is 24.3 Å². The van der Waals surface area contributed by atoms with E-state index in [4.69, 9.17) is 5.11 Å². The summed E-state index contributed by atoms with van der Waals surface area (Å²) in [6, 6.07) is 3.85. The van der Waals surface area contributed by atoms with Crippen LogP contribution < -0.4 is 0 Å². The van der Waals surface area contributed by atoms with E-state index in [2.05, 4.69) is 4.98 Å². The summed E-state index contributed by atoms with van der Waals surface area (Å²) in [5.74, 6) is -2.34. The summed E-state index contributed by atoms with van der Waals surface area (Å²) in [6.45, 7) is 3.58. The van der Waals surface area contributed by atoms with Gasteiger partial charge in [0, 0.05) is 6.54 Å². The molecule has 0 aliphatic heterocycles. The molecule has 0 saturated carbocycles. The lowest BCUT2D eigenvalue weighted by Crippen LogP contribution is -2.38. The molecule has 1 rings (SSSR count). The largest absolute Gasteiger partial charge is 0.480 e. The van der Waals surface area contributed by atoms with Crippen LogP contribution >= 0.6 is 0 Å². The fraction of sp³-hybridized carbons (Fsp3) is 0.417. The van der Waals surface area contributed by atoms with Crippen molar-refractivity contribution in [3.8, 4) is 0 Å². The van der Waals surface area contributed by atoms with Crippen molar-refractivity contribution < 1.29 is 19.1 Å². The molecule has 0 bridgehead atoms. The van der Waals surface area contributed by atoms with E-state index in [1.807, 2.05) is 13.8 Å². The third-order valence-electron chi connectivity index (χ3n) is 2.13. The molecular formula is C12H15FN2O3.